The Bertz CT molecular complexity index is 601. The Hall–Kier alpha value is -1.39. The van der Waals surface area contributed by atoms with Gasteiger partial charge in [-0.2, -0.15) is 0 Å². The van der Waals surface area contributed by atoms with E-state index in [1.807, 2.05) is 11.6 Å². The summed E-state index contributed by atoms with van der Waals surface area (Å²) in [6, 6.07) is 7.01. The van der Waals surface area contributed by atoms with Crippen molar-refractivity contribution in [2.75, 3.05) is 18.0 Å². The lowest BCUT2D eigenvalue weighted by Crippen LogP contribution is -2.29. The molecule has 2 N–H and O–H groups in total. The molecule has 118 valence electrons. The number of hydrogen-bond acceptors (Lipinski definition) is 4. The number of hydrogen-bond donors (Lipinski definition) is 1. The Morgan fingerprint density at radius 3 is 2.68 bits per heavy atom. The van der Waals surface area contributed by atoms with Crippen LogP contribution in [0.2, 0.25) is 0 Å². The highest BCUT2D eigenvalue weighted by Gasteiger charge is 2.19. The van der Waals surface area contributed by atoms with Crippen LogP contribution in [0.25, 0.3) is 10.6 Å². The van der Waals surface area contributed by atoms with Gasteiger partial charge in [-0.1, -0.05) is 19.9 Å². The van der Waals surface area contributed by atoms with Crippen LogP contribution in [0, 0.1) is 5.92 Å². The second kappa shape index (κ2) is 6.80. The monoisotopic (exact) mass is 315 g/mol. The lowest BCUT2D eigenvalue weighted by Gasteiger charge is -2.23. The molecule has 1 unspecified atom stereocenters. The summed E-state index contributed by atoms with van der Waals surface area (Å²) >= 11 is 1.71. The number of thiazole rings is 1. The zero-order chi connectivity index (χ0) is 15.5. The molecule has 2 heterocycles. The molecule has 0 amide bonds. The molecule has 1 saturated heterocycles. The van der Waals surface area contributed by atoms with Gasteiger partial charge in [0.2, 0.25) is 0 Å². The number of anilines is 1. The van der Waals surface area contributed by atoms with E-state index >= 15 is 0 Å². The number of nitrogens with two attached hydrogens (primary N) is 1. The van der Waals surface area contributed by atoms with Crippen molar-refractivity contribution in [2.24, 2.45) is 11.7 Å². The maximum Gasteiger partial charge on any atom is 0.125 e. The van der Waals surface area contributed by atoms with Crippen molar-refractivity contribution < 1.29 is 0 Å². The second-order valence-corrected chi connectivity index (χ2v) is 7.39. The quantitative estimate of drug-likeness (QED) is 0.909. The fraction of sp³-hybridized carbons (Fsp3) is 0.500. The first kappa shape index (κ1) is 15.5. The summed E-state index contributed by atoms with van der Waals surface area (Å²) in [6.07, 6.45) is 5.40. The van der Waals surface area contributed by atoms with E-state index in [-0.39, 0.29) is 6.04 Å². The minimum absolute atomic E-state index is 0.220. The van der Waals surface area contributed by atoms with Gasteiger partial charge >= 0.3 is 0 Å². The molecule has 1 atom stereocenters. The van der Waals surface area contributed by atoms with Crippen LogP contribution in [0.15, 0.2) is 29.8 Å². The topological polar surface area (TPSA) is 42.1 Å². The van der Waals surface area contributed by atoms with Gasteiger partial charge in [0.1, 0.15) is 5.01 Å². The van der Waals surface area contributed by atoms with Gasteiger partial charge in [0.05, 0.1) is 0 Å². The van der Waals surface area contributed by atoms with E-state index in [4.69, 9.17) is 5.73 Å². The first-order chi connectivity index (χ1) is 10.6. The number of aromatic nitrogens is 1. The van der Waals surface area contributed by atoms with E-state index in [9.17, 15) is 0 Å². The lowest BCUT2D eigenvalue weighted by atomic mass is 9.96. The Morgan fingerprint density at radius 1 is 1.27 bits per heavy atom. The van der Waals surface area contributed by atoms with E-state index in [2.05, 4.69) is 41.9 Å². The first-order valence-electron chi connectivity index (χ1n) is 8.18. The van der Waals surface area contributed by atoms with E-state index in [0.29, 0.717) is 5.92 Å². The SMILES string of the molecule is CC(C)C(N)Cc1ccc(-c2nccs2)c(N2CCCC2)c1. The molecule has 2 aromatic rings. The van der Waals surface area contributed by atoms with Crippen molar-refractivity contribution in [1.82, 2.24) is 4.98 Å². The van der Waals surface area contributed by atoms with Gasteiger partial charge in [-0.05, 0) is 42.9 Å². The standard InChI is InChI=1S/C18H25N3S/c1-13(2)16(19)11-14-5-6-15(18-20-7-10-22-18)17(12-14)21-8-3-4-9-21/h5-7,10,12-13,16H,3-4,8-9,11,19H2,1-2H3. The third kappa shape index (κ3) is 3.33. The smallest absolute Gasteiger partial charge is 0.125 e. The maximum absolute atomic E-state index is 6.26. The largest absolute Gasteiger partial charge is 0.371 e. The van der Waals surface area contributed by atoms with Crippen molar-refractivity contribution in [3.05, 3.63) is 35.3 Å². The van der Waals surface area contributed by atoms with Gasteiger partial charge in [-0.15, -0.1) is 11.3 Å². The van der Waals surface area contributed by atoms with Crippen LogP contribution < -0.4 is 10.6 Å². The van der Waals surface area contributed by atoms with E-state index in [1.165, 1.54) is 29.7 Å². The van der Waals surface area contributed by atoms with Gasteiger partial charge in [0, 0.05) is 42.0 Å². The van der Waals surface area contributed by atoms with Crippen molar-refractivity contribution >= 4 is 17.0 Å². The molecule has 3 nitrogen and oxygen atoms in total. The van der Waals surface area contributed by atoms with E-state index in [0.717, 1.165) is 24.5 Å². The summed E-state index contributed by atoms with van der Waals surface area (Å²) in [6.45, 7) is 6.68. The summed E-state index contributed by atoms with van der Waals surface area (Å²) in [5.74, 6) is 0.508. The fourth-order valence-electron chi connectivity index (χ4n) is 2.97. The molecule has 0 spiro atoms. The third-order valence-electron chi connectivity index (χ3n) is 4.50. The number of benzene rings is 1. The van der Waals surface area contributed by atoms with Gasteiger partial charge in [0.25, 0.3) is 0 Å². The van der Waals surface area contributed by atoms with Gasteiger partial charge in [-0.3, -0.25) is 0 Å². The highest BCUT2D eigenvalue weighted by Crippen LogP contribution is 2.35. The Kier molecular flexibility index (Phi) is 4.79. The molecule has 1 aliphatic rings. The predicted octanol–water partition coefficient (Wildman–Crippen LogP) is 3.94. The highest BCUT2D eigenvalue weighted by molar-refractivity contribution is 7.13. The average molecular weight is 315 g/mol. The second-order valence-electron chi connectivity index (χ2n) is 6.49. The van der Waals surface area contributed by atoms with E-state index < -0.39 is 0 Å². The summed E-state index contributed by atoms with van der Waals surface area (Å²) in [5, 5.41) is 3.16. The number of rotatable bonds is 5. The van der Waals surface area contributed by atoms with Crippen molar-refractivity contribution in [3.8, 4) is 10.6 Å². The summed E-state index contributed by atoms with van der Waals surface area (Å²) in [4.78, 5) is 7.01. The van der Waals surface area contributed by atoms with Crippen molar-refractivity contribution in [1.29, 1.82) is 0 Å². The van der Waals surface area contributed by atoms with Crippen LogP contribution >= 0.6 is 11.3 Å². The summed E-state index contributed by atoms with van der Waals surface area (Å²) < 4.78 is 0. The fourth-order valence-corrected chi connectivity index (χ4v) is 3.64. The molecule has 4 heteroatoms. The predicted molar refractivity (Wildman–Crippen MR) is 95.5 cm³/mol. The van der Waals surface area contributed by atoms with Crippen LogP contribution in [0.3, 0.4) is 0 Å². The van der Waals surface area contributed by atoms with Crippen molar-refractivity contribution in [3.63, 3.8) is 0 Å². The van der Waals surface area contributed by atoms with Gasteiger partial charge in [-0.25, -0.2) is 4.98 Å². The Balaban J connectivity index is 1.94. The van der Waals surface area contributed by atoms with E-state index in [1.54, 1.807) is 11.3 Å². The van der Waals surface area contributed by atoms with Crippen LogP contribution in [0.4, 0.5) is 5.69 Å². The molecule has 1 aliphatic heterocycles. The molecule has 3 rings (SSSR count). The average Bonchev–Trinajstić information content (AvgIpc) is 3.20. The molecule has 1 aromatic heterocycles. The van der Waals surface area contributed by atoms with Crippen LogP contribution in [-0.4, -0.2) is 24.1 Å². The molecule has 22 heavy (non-hydrogen) atoms. The first-order valence-corrected chi connectivity index (χ1v) is 9.06. The highest BCUT2D eigenvalue weighted by atomic mass is 32.1. The molecule has 1 fully saturated rings. The molecular weight excluding hydrogens is 290 g/mol. The van der Waals surface area contributed by atoms with Crippen LogP contribution in [0.1, 0.15) is 32.3 Å². The molecule has 0 aliphatic carbocycles. The molecule has 0 bridgehead atoms. The zero-order valence-corrected chi connectivity index (χ0v) is 14.3. The summed E-state index contributed by atoms with van der Waals surface area (Å²) in [7, 11) is 0. The molecule has 0 radical (unpaired) electrons. The minimum Gasteiger partial charge on any atom is -0.371 e. The molecule has 1 aromatic carbocycles. The lowest BCUT2D eigenvalue weighted by molar-refractivity contribution is 0.490. The Morgan fingerprint density at radius 2 is 2.05 bits per heavy atom. The maximum atomic E-state index is 6.26. The van der Waals surface area contributed by atoms with Gasteiger partial charge < -0.3 is 10.6 Å². The minimum atomic E-state index is 0.220. The zero-order valence-electron chi connectivity index (χ0n) is 13.5. The molecule has 0 saturated carbocycles. The van der Waals surface area contributed by atoms with Crippen molar-refractivity contribution in [2.45, 2.75) is 39.2 Å². The molecular formula is C18H25N3S. The normalized spacial score (nSPS) is 16.5. The van der Waals surface area contributed by atoms with Crippen LogP contribution in [-0.2, 0) is 6.42 Å². The summed E-state index contributed by atoms with van der Waals surface area (Å²) in [5.41, 5.74) is 10.2. The number of nitrogens with zero attached hydrogens (tertiary/aromatic N) is 2. The third-order valence-corrected chi connectivity index (χ3v) is 5.31. The van der Waals surface area contributed by atoms with Gasteiger partial charge in [0.15, 0.2) is 0 Å². The Labute approximate surface area is 137 Å². The van der Waals surface area contributed by atoms with Crippen LogP contribution in [0.5, 0.6) is 0 Å².